The van der Waals surface area contributed by atoms with Gasteiger partial charge >= 0.3 is 6.18 Å². The summed E-state index contributed by atoms with van der Waals surface area (Å²) in [6, 6.07) is 3.52. The molecule has 2 rings (SSSR count). The number of methoxy groups -OCH3 is 1. The average molecular weight is 373 g/mol. The summed E-state index contributed by atoms with van der Waals surface area (Å²) < 4.78 is 50.2. The predicted octanol–water partition coefficient (Wildman–Crippen LogP) is 5.03. The molecule has 1 fully saturated rings. The number of anilines is 1. The Kier molecular flexibility index (Phi) is 6.55. The summed E-state index contributed by atoms with van der Waals surface area (Å²) in [6.07, 6.45) is -0.779. The van der Waals surface area contributed by atoms with E-state index in [1.54, 1.807) is 0 Å². The Morgan fingerprint density at radius 1 is 1.38 bits per heavy atom. The molecule has 1 aromatic carbocycles. The van der Waals surface area contributed by atoms with E-state index in [2.05, 4.69) is 12.2 Å². The Morgan fingerprint density at radius 3 is 2.69 bits per heavy atom. The molecular formula is C19H26F3NO3. The zero-order chi connectivity index (χ0) is 19.4. The summed E-state index contributed by atoms with van der Waals surface area (Å²) in [6.45, 7) is 4.46. The predicted molar refractivity (Wildman–Crippen MR) is 93.2 cm³/mol. The number of alkyl halides is 3. The molecule has 1 N–H and O–H groups in total. The third-order valence-corrected chi connectivity index (χ3v) is 4.71. The van der Waals surface area contributed by atoms with Gasteiger partial charge in [-0.1, -0.05) is 20.3 Å². The van der Waals surface area contributed by atoms with Gasteiger partial charge in [-0.2, -0.15) is 13.2 Å². The quantitative estimate of drug-likeness (QED) is 0.761. The van der Waals surface area contributed by atoms with E-state index in [1.165, 1.54) is 19.2 Å². The molecule has 0 spiro atoms. The van der Waals surface area contributed by atoms with Crippen molar-refractivity contribution in [1.29, 1.82) is 0 Å². The summed E-state index contributed by atoms with van der Waals surface area (Å²) >= 11 is 0. The van der Waals surface area contributed by atoms with Gasteiger partial charge in [-0.05, 0) is 49.8 Å². The number of amides is 1. The van der Waals surface area contributed by atoms with Crippen molar-refractivity contribution in [3.05, 3.63) is 23.8 Å². The SMILES string of the molecule is CCCOC1(C(=O)Nc2ccc(OC)c(C(F)(F)F)c2)CCCC(C)C1. The van der Waals surface area contributed by atoms with Crippen molar-refractivity contribution < 1.29 is 27.4 Å². The van der Waals surface area contributed by atoms with Gasteiger partial charge in [-0.25, -0.2) is 0 Å². The van der Waals surface area contributed by atoms with Gasteiger partial charge in [0.2, 0.25) is 0 Å². The largest absolute Gasteiger partial charge is 0.496 e. The maximum atomic E-state index is 13.2. The molecule has 2 atom stereocenters. The zero-order valence-electron chi connectivity index (χ0n) is 15.4. The molecule has 26 heavy (non-hydrogen) atoms. The standard InChI is InChI=1S/C19H26F3NO3/c1-4-10-26-18(9-5-6-13(2)12-18)17(24)23-14-7-8-16(25-3)15(11-14)19(20,21)22/h7-8,11,13H,4-6,9-10,12H2,1-3H3,(H,23,24). The number of carbonyl (C=O) groups is 1. The van der Waals surface area contributed by atoms with Crippen molar-refractivity contribution in [3.8, 4) is 5.75 Å². The van der Waals surface area contributed by atoms with Gasteiger partial charge in [-0.15, -0.1) is 0 Å². The second-order valence-electron chi connectivity index (χ2n) is 6.91. The minimum absolute atomic E-state index is 0.0841. The summed E-state index contributed by atoms with van der Waals surface area (Å²) in [4.78, 5) is 12.9. The highest BCUT2D eigenvalue weighted by atomic mass is 19.4. The maximum absolute atomic E-state index is 13.2. The van der Waals surface area contributed by atoms with Crippen LogP contribution >= 0.6 is 0 Å². The van der Waals surface area contributed by atoms with E-state index in [0.717, 1.165) is 25.3 Å². The Bertz CT molecular complexity index is 633. The number of ether oxygens (including phenoxy) is 2. The van der Waals surface area contributed by atoms with Crippen molar-refractivity contribution >= 4 is 11.6 Å². The molecule has 0 bridgehead atoms. The van der Waals surface area contributed by atoms with Gasteiger partial charge in [0.15, 0.2) is 0 Å². The lowest BCUT2D eigenvalue weighted by atomic mass is 9.78. The summed E-state index contributed by atoms with van der Waals surface area (Å²) in [5.74, 6) is -0.331. The highest BCUT2D eigenvalue weighted by molar-refractivity contribution is 5.97. The number of carbonyl (C=O) groups excluding carboxylic acids is 1. The maximum Gasteiger partial charge on any atom is 0.420 e. The Balaban J connectivity index is 2.26. The van der Waals surface area contributed by atoms with E-state index in [4.69, 9.17) is 9.47 Å². The lowest BCUT2D eigenvalue weighted by Crippen LogP contribution is -2.48. The zero-order valence-corrected chi connectivity index (χ0v) is 15.4. The van der Waals surface area contributed by atoms with Gasteiger partial charge in [0, 0.05) is 12.3 Å². The minimum atomic E-state index is -4.57. The first-order valence-corrected chi connectivity index (χ1v) is 8.92. The molecule has 146 valence electrons. The van der Waals surface area contributed by atoms with Gasteiger partial charge < -0.3 is 14.8 Å². The van der Waals surface area contributed by atoms with Crippen LogP contribution in [0.1, 0.15) is 51.5 Å². The number of nitrogens with one attached hydrogen (secondary N) is 1. The first kappa shape index (κ1) is 20.6. The van der Waals surface area contributed by atoms with Crippen LogP contribution < -0.4 is 10.1 Å². The first-order valence-electron chi connectivity index (χ1n) is 8.92. The van der Waals surface area contributed by atoms with E-state index >= 15 is 0 Å². The number of halogens is 3. The number of benzene rings is 1. The van der Waals surface area contributed by atoms with Gasteiger partial charge in [-0.3, -0.25) is 4.79 Å². The molecule has 0 aromatic heterocycles. The molecule has 1 aliphatic rings. The highest BCUT2D eigenvalue weighted by Gasteiger charge is 2.43. The molecule has 1 saturated carbocycles. The summed E-state index contributed by atoms with van der Waals surface area (Å²) in [5, 5.41) is 2.63. The third-order valence-electron chi connectivity index (χ3n) is 4.71. The fourth-order valence-electron chi connectivity index (χ4n) is 3.46. The van der Waals surface area contributed by atoms with E-state index in [9.17, 15) is 18.0 Å². The second kappa shape index (κ2) is 8.29. The van der Waals surface area contributed by atoms with Gasteiger partial charge in [0.25, 0.3) is 5.91 Å². The molecule has 0 heterocycles. The van der Waals surface area contributed by atoms with Crippen LogP contribution in [0.4, 0.5) is 18.9 Å². The van der Waals surface area contributed by atoms with Crippen LogP contribution in [0.15, 0.2) is 18.2 Å². The van der Waals surface area contributed by atoms with Crippen molar-refractivity contribution in [2.75, 3.05) is 19.0 Å². The number of hydrogen-bond acceptors (Lipinski definition) is 3. The second-order valence-corrected chi connectivity index (χ2v) is 6.91. The van der Waals surface area contributed by atoms with E-state index in [-0.39, 0.29) is 17.3 Å². The van der Waals surface area contributed by atoms with Gasteiger partial charge in [0.05, 0.1) is 12.7 Å². The monoisotopic (exact) mass is 373 g/mol. The van der Waals surface area contributed by atoms with Crippen LogP contribution in [0, 0.1) is 5.92 Å². The Labute approximate surface area is 152 Å². The van der Waals surface area contributed by atoms with Gasteiger partial charge in [0.1, 0.15) is 11.4 Å². The first-order chi connectivity index (χ1) is 12.2. The molecular weight excluding hydrogens is 347 g/mol. The fraction of sp³-hybridized carbons (Fsp3) is 0.632. The lowest BCUT2D eigenvalue weighted by molar-refractivity contribution is -0.148. The van der Waals surface area contributed by atoms with Crippen LogP contribution in [0.2, 0.25) is 0 Å². The minimum Gasteiger partial charge on any atom is -0.496 e. The third kappa shape index (κ3) is 4.69. The molecule has 1 aliphatic carbocycles. The lowest BCUT2D eigenvalue weighted by Gasteiger charge is -2.38. The molecule has 1 amide bonds. The topological polar surface area (TPSA) is 47.6 Å². The smallest absolute Gasteiger partial charge is 0.420 e. The van der Waals surface area contributed by atoms with Crippen LogP contribution in [-0.2, 0) is 15.7 Å². The molecule has 0 aliphatic heterocycles. The molecule has 0 saturated heterocycles. The van der Waals surface area contributed by atoms with Crippen molar-refractivity contribution in [3.63, 3.8) is 0 Å². The van der Waals surface area contributed by atoms with E-state index in [1.807, 2.05) is 6.92 Å². The molecule has 4 nitrogen and oxygen atoms in total. The van der Waals surface area contributed by atoms with Crippen LogP contribution in [0.5, 0.6) is 5.75 Å². The molecule has 0 radical (unpaired) electrons. The summed E-state index contributed by atoms with van der Waals surface area (Å²) in [5.41, 5.74) is -1.81. The van der Waals surface area contributed by atoms with Crippen molar-refractivity contribution in [2.45, 2.75) is 57.7 Å². The van der Waals surface area contributed by atoms with Crippen LogP contribution in [-0.4, -0.2) is 25.2 Å². The van der Waals surface area contributed by atoms with Crippen molar-refractivity contribution in [1.82, 2.24) is 0 Å². The highest BCUT2D eigenvalue weighted by Crippen LogP contribution is 2.39. The van der Waals surface area contributed by atoms with Crippen LogP contribution in [0.3, 0.4) is 0 Å². The molecule has 1 aromatic rings. The Hall–Kier alpha value is -1.76. The molecule has 7 heteroatoms. The Morgan fingerprint density at radius 2 is 2.12 bits per heavy atom. The van der Waals surface area contributed by atoms with Crippen LogP contribution in [0.25, 0.3) is 0 Å². The van der Waals surface area contributed by atoms with E-state index in [0.29, 0.717) is 25.4 Å². The number of hydrogen-bond donors (Lipinski definition) is 1. The fourth-order valence-corrected chi connectivity index (χ4v) is 3.46. The van der Waals surface area contributed by atoms with Crippen molar-refractivity contribution in [2.24, 2.45) is 5.92 Å². The van der Waals surface area contributed by atoms with E-state index < -0.39 is 17.3 Å². The number of rotatable bonds is 6. The molecule has 2 unspecified atom stereocenters. The normalized spacial score (nSPS) is 23.5. The average Bonchev–Trinajstić information content (AvgIpc) is 2.59. The summed E-state index contributed by atoms with van der Waals surface area (Å²) in [7, 11) is 1.18.